The van der Waals surface area contributed by atoms with E-state index in [0.29, 0.717) is 17.7 Å². The summed E-state index contributed by atoms with van der Waals surface area (Å²) in [4.78, 5) is 26.3. The SMILES string of the molecule is CCCCNc1ccc2c3c(cccc13)C(=O)N(CC)C2=O. The van der Waals surface area contributed by atoms with E-state index >= 15 is 0 Å². The topological polar surface area (TPSA) is 49.4 Å². The number of anilines is 1. The van der Waals surface area contributed by atoms with Crippen LogP contribution in [0.2, 0.25) is 0 Å². The number of hydrogen-bond acceptors (Lipinski definition) is 3. The summed E-state index contributed by atoms with van der Waals surface area (Å²) < 4.78 is 0. The molecular weight excluding hydrogens is 276 g/mol. The van der Waals surface area contributed by atoms with Crippen LogP contribution in [0.1, 0.15) is 47.4 Å². The van der Waals surface area contributed by atoms with Crippen LogP contribution < -0.4 is 5.32 Å². The van der Waals surface area contributed by atoms with Gasteiger partial charge in [-0.1, -0.05) is 25.5 Å². The van der Waals surface area contributed by atoms with Gasteiger partial charge in [-0.05, 0) is 31.5 Å². The highest BCUT2D eigenvalue weighted by Crippen LogP contribution is 2.34. The highest BCUT2D eigenvalue weighted by atomic mass is 16.2. The Kier molecular flexibility index (Phi) is 3.84. The van der Waals surface area contributed by atoms with E-state index in [1.54, 1.807) is 6.07 Å². The molecule has 114 valence electrons. The zero-order valence-corrected chi connectivity index (χ0v) is 13.0. The Hall–Kier alpha value is -2.36. The molecule has 0 aromatic heterocycles. The monoisotopic (exact) mass is 296 g/mol. The minimum absolute atomic E-state index is 0.198. The first-order chi connectivity index (χ1) is 10.7. The van der Waals surface area contributed by atoms with Crippen LogP contribution in [-0.2, 0) is 0 Å². The van der Waals surface area contributed by atoms with E-state index < -0.39 is 0 Å². The average Bonchev–Trinajstić information content (AvgIpc) is 2.54. The maximum absolute atomic E-state index is 12.5. The molecule has 4 heteroatoms. The molecule has 0 atom stereocenters. The fourth-order valence-electron chi connectivity index (χ4n) is 2.99. The first-order valence-corrected chi connectivity index (χ1v) is 7.84. The molecule has 1 aliphatic rings. The van der Waals surface area contributed by atoms with Crippen LogP contribution in [-0.4, -0.2) is 29.8 Å². The maximum atomic E-state index is 12.5. The molecule has 0 radical (unpaired) electrons. The molecule has 22 heavy (non-hydrogen) atoms. The van der Waals surface area contributed by atoms with Crippen LogP contribution in [0.4, 0.5) is 5.69 Å². The molecule has 1 N–H and O–H groups in total. The quantitative estimate of drug-likeness (QED) is 0.676. The number of rotatable bonds is 5. The Balaban J connectivity index is 2.16. The van der Waals surface area contributed by atoms with Crippen molar-refractivity contribution in [3.63, 3.8) is 0 Å². The van der Waals surface area contributed by atoms with Gasteiger partial charge in [-0.15, -0.1) is 0 Å². The van der Waals surface area contributed by atoms with Gasteiger partial charge in [0.25, 0.3) is 11.8 Å². The van der Waals surface area contributed by atoms with Gasteiger partial charge in [0.1, 0.15) is 0 Å². The molecule has 2 amide bonds. The van der Waals surface area contributed by atoms with Crippen molar-refractivity contribution in [2.45, 2.75) is 26.7 Å². The van der Waals surface area contributed by atoms with Crippen molar-refractivity contribution in [1.82, 2.24) is 4.90 Å². The number of imide groups is 1. The summed E-state index contributed by atoms with van der Waals surface area (Å²) in [6.07, 6.45) is 2.21. The Morgan fingerprint density at radius 1 is 1.00 bits per heavy atom. The molecule has 2 aromatic rings. The highest BCUT2D eigenvalue weighted by molar-refractivity contribution is 6.26. The second kappa shape index (κ2) is 5.79. The third-order valence-electron chi connectivity index (χ3n) is 4.15. The molecule has 0 saturated carbocycles. The molecule has 4 nitrogen and oxygen atoms in total. The minimum atomic E-state index is -0.198. The number of carbonyl (C=O) groups is 2. The summed E-state index contributed by atoms with van der Waals surface area (Å²) in [6, 6.07) is 9.43. The van der Waals surface area contributed by atoms with Crippen LogP contribution >= 0.6 is 0 Å². The van der Waals surface area contributed by atoms with Gasteiger partial charge in [0, 0.05) is 40.7 Å². The van der Waals surface area contributed by atoms with E-state index in [4.69, 9.17) is 0 Å². The number of carbonyl (C=O) groups excluding carboxylic acids is 2. The smallest absolute Gasteiger partial charge is 0.261 e. The van der Waals surface area contributed by atoms with Gasteiger partial charge >= 0.3 is 0 Å². The van der Waals surface area contributed by atoms with Crippen LogP contribution in [0.3, 0.4) is 0 Å². The van der Waals surface area contributed by atoms with Gasteiger partial charge in [0.2, 0.25) is 0 Å². The Morgan fingerprint density at radius 3 is 2.41 bits per heavy atom. The predicted molar refractivity (Wildman–Crippen MR) is 88.4 cm³/mol. The van der Waals surface area contributed by atoms with Crippen molar-refractivity contribution >= 4 is 28.3 Å². The van der Waals surface area contributed by atoms with Gasteiger partial charge in [0.05, 0.1) is 0 Å². The lowest BCUT2D eigenvalue weighted by atomic mass is 9.93. The molecule has 0 aliphatic carbocycles. The van der Waals surface area contributed by atoms with E-state index in [-0.39, 0.29) is 11.8 Å². The lowest BCUT2D eigenvalue weighted by Gasteiger charge is -2.26. The maximum Gasteiger partial charge on any atom is 0.261 e. The first-order valence-electron chi connectivity index (χ1n) is 7.84. The standard InChI is InChI=1S/C18H20N2O2/c1-3-5-11-19-15-10-9-14-16-12(15)7-6-8-13(16)17(21)20(4-2)18(14)22/h6-10,19H,3-5,11H2,1-2H3. The molecule has 1 aliphatic heterocycles. The Bertz CT molecular complexity index is 730. The third-order valence-corrected chi connectivity index (χ3v) is 4.15. The zero-order valence-electron chi connectivity index (χ0n) is 13.0. The summed E-state index contributed by atoms with van der Waals surface area (Å²) in [7, 11) is 0. The van der Waals surface area contributed by atoms with E-state index in [1.807, 2.05) is 31.2 Å². The van der Waals surface area contributed by atoms with Gasteiger partial charge in [-0.3, -0.25) is 14.5 Å². The average molecular weight is 296 g/mol. The lowest BCUT2D eigenvalue weighted by molar-refractivity contribution is 0.0619. The zero-order chi connectivity index (χ0) is 15.7. The molecule has 0 bridgehead atoms. The highest BCUT2D eigenvalue weighted by Gasteiger charge is 2.31. The van der Waals surface area contributed by atoms with Gasteiger partial charge in [0.15, 0.2) is 0 Å². The molecule has 0 fully saturated rings. The van der Waals surface area contributed by atoms with E-state index in [9.17, 15) is 9.59 Å². The summed E-state index contributed by atoms with van der Waals surface area (Å²) in [5.41, 5.74) is 2.22. The summed E-state index contributed by atoms with van der Waals surface area (Å²) in [5, 5.41) is 5.14. The van der Waals surface area contributed by atoms with Crippen molar-refractivity contribution in [3.05, 3.63) is 41.5 Å². The molecule has 0 unspecified atom stereocenters. The van der Waals surface area contributed by atoms with E-state index in [1.165, 1.54) is 4.90 Å². The predicted octanol–water partition coefficient (Wildman–Crippen LogP) is 3.67. The Morgan fingerprint density at radius 2 is 1.73 bits per heavy atom. The van der Waals surface area contributed by atoms with Crippen LogP contribution in [0.25, 0.3) is 10.8 Å². The van der Waals surface area contributed by atoms with Gasteiger partial charge < -0.3 is 5.32 Å². The number of amides is 2. The summed E-state index contributed by atoms with van der Waals surface area (Å²) >= 11 is 0. The first kappa shape index (κ1) is 14.6. The van der Waals surface area contributed by atoms with Crippen molar-refractivity contribution in [2.75, 3.05) is 18.4 Å². The molecule has 3 rings (SSSR count). The van der Waals surface area contributed by atoms with Gasteiger partial charge in [-0.25, -0.2) is 0 Å². The molecule has 2 aromatic carbocycles. The molecule has 0 saturated heterocycles. The van der Waals surface area contributed by atoms with Gasteiger partial charge in [-0.2, -0.15) is 0 Å². The van der Waals surface area contributed by atoms with Crippen molar-refractivity contribution < 1.29 is 9.59 Å². The normalized spacial score (nSPS) is 13.8. The fraction of sp³-hybridized carbons (Fsp3) is 0.333. The number of unbranched alkanes of at least 4 members (excludes halogenated alkanes) is 1. The van der Waals surface area contributed by atoms with E-state index in [2.05, 4.69) is 12.2 Å². The number of benzene rings is 2. The van der Waals surface area contributed by atoms with Crippen molar-refractivity contribution in [1.29, 1.82) is 0 Å². The van der Waals surface area contributed by atoms with Crippen molar-refractivity contribution in [2.24, 2.45) is 0 Å². The molecular formula is C18H20N2O2. The summed E-state index contributed by atoms with van der Waals surface area (Å²) in [6.45, 7) is 5.25. The summed E-state index contributed by atoms with van der Waals surface area (Å²) in [5.74, 6) is -0.396. The number of nitrogens with zero attached hydrogens (tertiary/aromatic N) is 1. The fourth-order valence-corrected chi connectivity index (χ4v) is 2.99. The largest absolute Gasteiger partial charge is 0.385 e. The lowest BCUT2D eigenvalue weighted by Crippen LogP contribution is -2.40. The molecule has 1 heterocycles. The van der Waals surface area contributed by atoms with Crippen LogP contribution in [0, 0.1) is 0 Å². The van der Waals surface area contributed by atoms with Crippen molar-refractivity contribution in [3.8, 4) is 0 Å². The second-order valence-electron chi connectivity index (χ2n) is 5.52. The Labute approximate surface area is 130 Å². The van der Waals surface area contributed by atoms with E-state index in [0.717, 1.165) is 35.8 Å². The minimum Gasteiger partial charge on any atom is -0.385 e. The second-order valence-corrected chi connectivity index (χ2v) is 5.52. The number of nitrogens with one attached hydrogen (secondary N) is 1. The number of hydrogen-bond donors (Lipinski definition) is 1. The molecule has 0 spiro atoms. The van der Waals surface area contributed by atoms with Crippen LogP contribution in [0.15, 0.2) is 30.3 Å². The third kappa shape index (κ3) is 2.15. The van der Waals surface area contributed by atoms with Crippen LogP contribution in [0.5, 0.6) is 0 Å².